The molecule has 0 aliphatic heterocycles. The van der Waals surface area contributed by atoms with E-state index in [1.165, 1.54) is 18.2 Å². The number of carbonyl (C=O) groups is 1. The Balaban J connectivity index is 2.96. The Labute approximate surface area is 97.8 Å². The molecule has 0 saturated carbocycles. The standard InChI is InChI=1S/C11H12N2O4/c1-2-17-11(14)7-10(12)8-4-3-5-9(6-8)13(15)16/h3-7H,2,12H2,1H3/b10-7-. The number of hydrogen-bond acceptors (Lipinski definition) is 5. The van der Waals surface area contributed by atoms with Crippen molar-refractivity contribution in [2.45, 2.75) is 6.92 Å². The molecule has 1 aromatic rings. The van der Waals surface area contributed by atoms with Crippen LogP contribution in [0.2, 0.25) is 0 Å². The summed E-state index contributed by atoms with van der Waals surface area (Å²) >= 11 is 0. The summed E-state index contributed by atoms with van der Waals surface area (Å²) in [6.07, 6.45) is 1.10. The van der Waals surface area contributed by atoms with Crippen molar-refractivity contribution in [2.24, 2.45) is 5.73 Å². The molecule has 6 heteroatoms. The van der Waals surface area contributed by atoms with Crippen molar-refractivity contribution in [1.29, 1.82) is 0 Å². The second kappa shape index (κ2) is 5.64. The second-order valence-electron chi connectivity index (χ2n) is 3.16. The zero-order chi connectivity index (χ0) is 12.8. The number of esters is 1. The van der Waals surface area contributed by atoms with Crippen molar-refractivity contribution in [1.82, 2.24) is 0 Å². The summed E-state index contributed by atoms with van der Waals surface area (Å²) in [5.74, 6) is -0.573. The van der Waals surface area contributed by atoms with Crippen LogP contribution in [0.1, 0.15) is 12.5 Å². The zero-order valence-electron chi connectivity index (χ0n) is 9.25. The number of nitrogens with zero attached hydrogens (tertiary/aromatic N) is 1. The van der Waals surface area contributed by atoms with E-state index >= 15 is 0 Å². The summed E-state index contributed by atoms with van der Waals surface area (Å²) < 4.78 is 4.68. The average Bonchev–Trinajstić information content (AvgIpc) is 2.29. The molecule has 0 aliphatic carbocycles. The van der Waals surface area contributed by atoms with Gasteiger partial charge in [-0.1, -0.05) is 12.1 Å². The number of benzene rings is 1. The first-order valence-electron chi connectivity index (χ1n) is 4.93. The molecule has 0 aromatic heterocycles. The first-order chi connectivity index (χ1) is 8.04. The van der Waals surface area contributed by atoms with Crippen LogP contribution in [0.15, 0.2) is 30.3 Å². The molecule has 17 heavy (non-hydrogen) atoms. The van der Waals surface area contributed by atoms with Crippen LogP contribution in [0.25, 0.3) is 5.70 Å². The van der Waals surface area contributed by atoms with Gasteiger partial charge in [-0.25, -0.2) is 4.79 Å². The number of hydrogen-bond donors (Lipinski definition) is 1. The van der Waals surface area contributed by atoms with Gasteiger partial charge in [0.25, 0.3) is 5.69 Å². The van der Waals surface area contributed by atoms with Crippen molar-refractivity contribution in [3.8, 4) is 0 Å². The van der Waals surface area contributed by atoms with Gasteiger partial charge in [0.1, 0.15) is 0 Å². The highest BCUT2D eigenvalue weighted by Crippen LogP contribution is 2.17. The van der Waals surface area contributed by atoms with Gasteiger partial charge in [-0.2, -0.15) is 0 Å². The molecular weight excluding hydrogens is 224 g/mol. The monoisotopic (exact) mass is 236 g/mol. The maximum atomic E-state index is 11.1. The molecule has 0 bridgehead atoms. The van der Waals surface area contributed by atoms with Gasteiger partial charge in [-0.05, 0) is 6.92 Å². The number of nitro groups is 1. The molecule has 90 valence electrons. The average molecular weight is 236 g/mol. The van der Waals surface area contributed by atoms with Gasteiger partial charge in [0.05, 0.1) is 11.5 Å². The van der Waals surface area contributed by atoms with Crippen LogP contribution in [0.5, 0.6) is 0 Å². The molecule has 2 N–H and O–H groups in total. The van der Waals surface area contributed by atoms with Gasteiger partial charge < -0.3 is 10.5 Å². The highest BCUT2D eigenvalue weighted by molar-refractivity contribution is 5.90. The molecule has 0 unspecified atom stereocenters. The Bertz CT molecular complexity index is 468. The molecule has 0 aliphatic rings. The van der Waals surface area contributed by atoms with Crippen LogP contribution >= 0.6 is 0 Å². The summed E-state index contributed by atoms with van der Waals surface area (Å²) in [6, 6.07) is 5.73. The van der Waals surface area contributed by atoms with E-state index < -0.39 is 10.9 Å². The molecule has 0 amide bonds. The Morgan fingerprint density at radius 2 is 2.29 bits per heavy atom. The van der Waals surface area contributed by atoms with Gasteiger partial charge in [0.2, 0.25) is 0 Å². The summed E-state index contributed by atoms with van der Waals surface area (Å²) in [5.41, 5.74) is 6.09. The lowest BCUT2D eigenvalue weighted by Gasteiger charge is -2.01. The molecule has 1 aromatic carbocycles. The molecule has 0 spiro atoms. The number of carbonyl (C=O) groups excluding carboxylic acids is 1. The van der Waals surface area contributed by atoms with E-state index in [1.54, 1.807) is 13.0 Å². The molecule has 0 fully saturated rings. The molecule has 0 atom stereocenters. The summed E-state index contributed by atoms with van der Waals surface area (Å²) in [4.78, 5) is 21.2. The number of nitrogens with two attached hydrogens (primary N) is 1. The van der Waals surface area contributed by atoms with E-state index in [0.717, 1.165) is 6.08 Å². The van der Waals surface area contributed by atoms with Crippen molar-refractivity contribution in [3.05, 3.63) is 46.0 Å². The van der Waals surface area contributed by atoms with Crippen molar-refractivity contribution in [3.63, 3.8) is 0 Å². The number of non-ortho nitro benzene ring substituents is 1. The van der Waals surface area contributed by atoms with Gasteiger partial charge in [0, 0.05) is 29.5 Å². The Kier molecular flexibility index (Phi) is 4.21. The largest absolute Gasteiger partial charge is 0.463 e. The highest BCUT2D eigenvalue weighted by Gasteiger charge is 2.08. The van der Waals surface area contributed by atoms with E-state index in [2.05, 4.69) is 4.74 Å². The molecular formula is C11H12N2O4. The van der Waals surface area contributed by atoms with Crippen molar-refractivity contribution in [2.75, 3.05) is 6.61 Å². The maximum Gasteiger partial charge on any atom is 0.332 e. The summed E-state index contributed by atoms with van der Waals surface area (Å²) in [6.45, 7) is 1.92. The van der Waals surface area contributed by atoms with Crippen molar-refractivity contribution < 1.29 is 14.5 Å². The third-order valence-corrected chi connectivity index (χ3v) is 1.95. The molecule has 0 heterocycles. The minimum Gasteiger partial charge on any atom is -0.463 e. The van der Waals surface area contributed by atoms with Gasteiger partial charge in [-0.15, -0.1) is 0 Å². The SMILES string of the molecule is CCOC(=O)/C=C(\N)c1cccc([N+](=O)[O-])c1. The quantitative estimate of drug-likeness (QED) is 0.369. The Morgan fingerprint density at radius 1 is 1.59 bits per heavy atom. The van der Waals surface area contributed by atoms with E-state index in [-0.39, 0.29) is 18.0 Å². The summed E-state index contributed by atoms with van der Waals surface area (Å²) in [5, 5.41) is 10.6. The molecule has 1 rings (SSSR count). The Morgan fingerprint density at radius 3 is 2.88 bits per heavy atom. The minimum absolute atomic E-state index is 0.0808. The van der Waals surface area contributed by atoms with E-state index in [9.17, 15) is 14.9 Å². The van der Waals surface area contributed by atoms with E-state index in [0.29, 0.717) is 5.56 Å². The van der Waals surface area contributed by atoms with E-state index in [1.807, 2.05) is 0 Å². The topological polar surface area (TPSA) is 95.5 Å². The van der Waals surface area contributed by atoms with Gasteiger partial charge >= 0.3 is 5.97 Å². The lowest BCUT2D eigenvalue weighted by Crippen LogP contribution is -2.05. The third-order valence-electron chi connectivity index (χ3n) is 1.95. The van der Waals surface area contributed by atoms with Crippen LogP contribution in [-0.4, -0.2) is 17.5 Å². The molecule has 0 saturated heterocycles. The first-order valence-corrected chi connectivity index (χ1v) is 4.93. The zero-order valence-corrected chi connectivity index (χ0v) is 9.25. The van der Waals surface area contributed by atoms with Crippen LogP contribution in [0, 0.1) is 10.1 Å². The number of nitro benzene ring substituents is 1. The predicted octanol–water partition coefficient (Wildman–Crippen LogP) is 1.46. The second-order valence-corrected chi connectivity index (χ2v) is 3.16. The molecule has 0 radical (unpaired) electrons. The highest BCUT2D eigenvalue weighted by atomic mass is 16.6. The number of rotatable bonds is 4. The van der Waals surface area contributed by atoms with Gasteiger partial charge in [0.15, 0.2) is 0 Å². The normalized spacial score (nSPS) is 11.0. The lowest BCUT2D eigenvalue weighted by molar-refractivity contribution is -0.384. The van der Waals surface area contributed by atoms with Crippen LogP contribution in [0.4, 0.5) is 5.69 Å². The minimum atomic E-state index is -0.573. The predicted molar refractivity (Wildman–Crippen MR) is 61.9 cm³/mol. The Hall–Kier alpha value is -2.37. The van der Waals surface area contributed by atoms with Crippen LogP contribution in [-0.2, 0) is 9.53 Å². The third kappa shape index (κ3) is 3.60. The number of ether oxygens (including phenoxy) is 1. The fourth-order valence-corrected chi connectivity index (χ4v) is 1.19. The smallest absolute Gasteiger partial charge is 0.332 e. The van der Waals surface area contributed by atoms with Crippen LogP contribution in [0.3, 0.4) is 0 Å². The van der Waals surface area contributed by atoms with Crippen molar-refractivity contribution >= 4 is 17.4 Å². The van der Waals surface area contributed by atoms with Crippen LogP contribution < -0.4 is 5.73 Å². The van der Waals surface area contributed by atoms with E-state index in [4.69, 9.17) is 5.73 Å². The maximum absolute atomic E-state index is 11.1. The molecule has 6 nitrogen and oxygen atoms in total. The fourth-order valence-electron chi connectivity index (χ4n) is 1.19. The first kappa shape index (κ1) is 12.7. The summed E-state index contributed by atoms with van der Waals surface area (Å²) in [7, 11) is 0. The van der Waals surface area contributed by atoms with Gasteiger partial charge in [-0.3, -0.25) is 10.1 Å². The fraction of sp³-hybridized carbons (Fsp3) is 0.182. The lowest BCUT2D eigenvalue weighted by atomic mass is 10.1.